The maximum absolute atomic E-state index is 13.5. The Labute approximate surface area is 121 Å². The van der Waals surface area contributed by atoms with Gasteiger partial charge in [0.2, 0.25) is 0 Å². The molecular weight excluding hydrogens is 340 g/mol. The Bertz CT molecular complexity index is 649. The summed E-state index contributed by atoms with van der Waals surface area (Å²) in [5, 5.41) is 2.57. The van der Waals surface area contributed by atoms with E-state index < -0.39 is 17.5 Å². The average Bonchev–Trinajstić information content (AvgIpc) is 2.36. The molecular formula is C13H7BrClF2NO. The van der Waals surface area contributed by atoms with E-state index in [2.05, 4.69) is 21.2 Å². The molecule has 1 amide bonds. The van der Waals surface area contributed by atoms with Gasteiger partial charge in [0, 0.05) is 10.6 Å². The molecule has 0 heterocycles. The fraction of sp³-hybridized carbons (Fsp3) is 0. The van der Waals surface area contributed by atoms with Crippen LogP contribution in [0.2, 0.25) is 5.02 Å². The van der Waals surface area contributed by atoms with Crippen LogP contribution in [0.15, 0.2) is 40.9 Å². The van der Waals surface area contributed by atoms with E-state index >= 15 is 0 Å². The van der Waals surface area contributed by atoms with Crippen LogP contribution in [-0.2, 0) is 0 Å². The van der Waals surface area contributed by atoms with Crippen LogP contribution < -0.4 is 5.32 Å². The van der Waals surface area contributed by atoms with Gasteiger partial charge in [-0.1, -0.05) is 11.6 Å². The van der Waals surface area contributed by atoms with Crippen molar-refractivity contribution in [3.63, 3.8) is 0 Å². The molecule has 1 N–H and O–H groups in total. The predicted octanol–water partition coefficient (Wildman–Crippen LogP) is 4.63. The number of carbonyl (C=O) groups is 1. The van der Waals surface area contributed by atoms with E-state index in [0.29, 0.717) is 0 Å². The van der Waals surface area contributed by atoms with Crippen LogP contribution in [0.1, 0.15) is 10.4 Å². The first-order chi connectivity index (χ1) is 8.97. The molecule has 0 atom stereocenters. The number of anilines is 1. The third-order valence-corrected chi connectivity index (χ3v) is 3.24. The van der Waals surface area contributed by atoms with E-state index in [1.165, 1.54) is 24.3 Å². The van der Waals surface area contributed by atoms with Gasteiger partial charge in [-0.15, -0.1) is 0 Å². The minimum atomic E-state index is -0.654. The quantitative estimate of drug-likeness (QED) is 0.844. The lowest BCUT2D eigenvalue weighted by Gasteiger charge is -2.07. The number of carbonyl (C=O) groups excluding carboxylic acids is 1. The van der Waals surface area contributed by atoms with Crippen molar-refractivity contribution in [1.82, 2.24) is 0 Å². The summed E-state index contributed by atoms with van der Waals surface area (Å²) >= 11 is 8.58. The second-order valence-corrected chi connectivity index (χ2v) is 5.00. The van der Waals surface area contributed by atoms with Gasteiger partial charge >= 0.3 is 0 Å². The number of benzene rings is 2. The molecule has 0 aromatic heterocycles. The van der Waals surface area contributed by atoms with Crippen molar-refractivity contribution in [2.75, 3.05) is 5.32 Å². The van der Waals surface area contributed by atoms with Gasteiger partial charge in [-0.3, -0.25) is 4.79 Å². The van der Waals surface area contributed by atoms with Crippen molar-refractivity contribution in [3.05, 3.63) is 63.1 Å². The third-order valence-electron chi connectivity index (χ3n) is 2.36. The monoisotopic (exact) mass is 345 g/mol. The zero-order chi connectivity index (χ0) is 14.0. The predicted molar refractivity (Wildman–Crippen MR) is 73.5 cm³/mol. The fourth-order valence-electron chi connectivity index (χ4n) is 1.42. The molecule has 0 spiro atoms. The summed E-state index contributed by atoms with van der Waals surface area (Å²) in [5.41, 5.74) is 0.0766. The number of nitrogens with one attached hydrogen (secondary N) is 1. The van der Waals surface area contributed by atoms with Crippen molar-refractivity contribution < 1.29 is 13.6 Å². The van der Waals surface area contributed by atoms with E-state index in [4.69, 9.17) is 11.6 Å². The Hall–Kier alpha value is -1.46. The molecule has 19 heavy (non-hydrogen) atoms. The standard InChI is InChI=1S/C13H7BrClF2NO/c14-9-3-1-7(5-10(9)16)13(19)18-12-4-2-8(15)6-11(12)17/h1-6H,(H,18,19). The highest BCUT2D eigenvalue weighted by atomic mass is 79.9. The lowest BCUT2D eigenvalue weighted by molar-refractivity contribution is 0.102. The molecule has 6 heteroatoms. The lowest BCUT2D eigenvalue weighted by Crippen LogP contribution is -2.13. The summed E-state index contributed by atoms with van der Waals surface area (Å²) in [6.45, 7) is 0. The van der Waals surface area contributed by atoms with E-state index in [1.807, 2.05) is 0 Å². The molecule has 0 saturated heterocycles. The Morgan fingerprint density at radius 1 is 1.11 bits per heavy atom. The first-order valence-electron chi connectivity index (χ1n) is 5.19. The molecule has 2 aromatic carbocycles. The van der Waals surface area contributed by atoms with Gasteiger partial charge in [-0.2, -0.15) is 0 Å². The summed E-state index contributed by atoms with van der Waals surface area (Å²) < 4.78 is 27.0. The lowest BCUT2D eigenvalue weighted by atomic mass is 10.2. The molecule has 0 aliphatic heterocycles. The molecule has 0 radical (unpaired) electrons. The van der Waals surface area contributed by atoms with Crippen LogP contribution >= 0.6 is 27.5 Å². The third kappa shape index (κ3) is 3.30. The number of amides is 1. The maximum atomic E-state index is 13.5. The normalized spacial score (nSPS) is 10.3. The average molecular weight is 347 g/mol. The van der Waals surface area contributed by atoms with E-state index in [-0.39, 0.29) is 20.7 Å². The van der Waals surface area contributed by atoms with Gasteiger partial charge in [0.05, 0.1) is 10.2 Å². The Kier molecular flexibility index (Phi) is 4.17. The van der Waals surface area contributed by atoms with E-state index in [9.17, 15) is 13.6 Å². The van der Waals surface area contributed by atoms with Crippen molar-refractivity contribution in [2.24, 2.45) is 0 Å². The van der Waals surface area contributed by atoms with Crippen molar-refractivity contribution in [2.45, 2.75) is 0 Å². The molecule has 2 aromatic rings. The highest BCUT2D eigenvalue weighted by Gasteiger charge is 2.11. The van der Waals surface area contributed by atoms with E-state index in [1.54, 1.807) is 0 Å². The molecule has 2 nitrogen and oxygen atoms in total. The first kappa shape index (κ1) is 14.0. The summed E-state index contributed by atoms with van der Waals surface area (Å²) in [4.78, 5) is 11.8. The van der Waals surface area contributed by atoms with E-state index in [0.717, 1.165) is 12.1 Å². The van der Waals surface area contributed by atoms with Gasteiger partial charge in [-0.25, -0.2) is 8.78 Å². The number of halogens is 4. The summed E-state index contributed by atoms with van der Waals surface area (Å²) in [6.07, 6.45) is 0. The van der Waals surface area contributed by atoms with Crippen molar-refractivity contribution in [1.29, 1.82) is 0 Å². The highest BCUT2D eigenvalue weighted by Crippen LogP contribution is 2.21. The highest BCUT2D eigenvalue weighted by molar-refractivity contribution is 9.10. The molecule has 0 fully saturated rings. The Morgan fingerprint density at radius 3 is 2.47 bits per heavy atom. The molecule has 2 rings (SSSR count). The van der Waals surface area contributed by atoms with Crippen molar-refractivity contribution in [3.8, 4) is 0 Å². The smallest absolute Gasteiger partial charge is 0.255 e. The summed E-state index contributed by atoms with van der Waals surface area (Å²) in [7, 11) is 0. The zero-order valence-electron chi connectivity index (χ0n) is 9.38. The second-order valence-electron chi connectivity index (χ2n) is 3.71. The van der Waals surface area contributed by atoms with Crippen molar-refractivity contribution >= 4 is 39.1 Å². The maximum Gasteiger partial charge on any atom is 0.255 e. The van der Waals surface area contributed by atoms with Crippen LogP contribution in [0, 0.1) is 11.6 Å². The molecule has 0 aliphatic carbocycles. The Balaban J connectivity index is 2.23. The number of hydrogen-bond acceptors (Lipinski definition) is 1. The Morgan fingerprint density at radius 2 is 1.84 bits per heavy atom. The van der Waals surface area contributed by atoms with Crippen LogP contribution in [0.5, 0.6) is 0 Å². The van der Waals surface area contributed by atoms with Gasteiger partial charge in [-0.05, 0) is 52.3 Å². The molecule has 0 saturated carbocycles. The SMILES string of the molecule is O=C(Nc1ccc(Cl)cc1F)c1ccc(Br)c(F)c1. The molecule has 0 aliphatic rings. The van der Waals surface area contributed by atoms with Crippen LogP contribution in [0.25, 0.3) is 0 Å². The first-order valence-corrected chi connectivity index (χ1v) is 6.36. The largest absolute Gasteiger partial charge is 0.319 e. The van der Waals surface area contributed by atoms with Gasteiger partial charge < -0.3 is 5.32 Å². The van der Waals surface area contributed by atoms with Crippen LogP contribution in [0.4, 0.5) is 14.5 Å². The molecule has 98 valence electrons. The van der Waals surface area contributed by atoms with Gasteiger partial charge in [0.25, 0.3) is 5.91 Å². The summed E-state index contributed by atoms with van der Waals surface area (Å²) in [6, 6.07) is 7.76. The number of hydrogen-bond donors (Lipinski definition) is 1. The number of rotatable bonds is 2. The molecule has 0 unspecified atom stereocenters. The topological polar surface area (TPSA) is 29.1 Å². The second kappa shape index (κ2) is 5.67. The van der Waals surface area contributed by atoms with Crippen LogP contribution in [0.3, 0.4) is 0 Å². The van der Waals surface area contributed by atoms with Gasteiger partial charge in [0.1, 0.15) is 11.6 Å². The molecule has 0 bridgehead atoms. The minimum Gasteiger partial charge on any atom is -0.319 e. The fourth-order valence-corrected chi connectivity index (χ4v) is 1.83. The van der Waals surface area contributed by atoms with Gasteiger partial charge in [0.15, 0.2) is 0 Å². The van der Waals surface area contributed by atoms with Crippen LogP contribution in [-0.4, -0.2) is 5.91 Å². The summed E-state index contributed by atoms with van der Waals surface area (Å²) in [5.74, 6) is -1.82. The minimum absolute atomic E-state index is 0.0160. The zero-order valence-corrected chi connectivity index (χ0v) is 11.7.